The van der Waals surface area contributed by atoms with Crippen LogP contribution in [0.3, 0.4) is 0 Å². The smallest absolute Gasteiger partial charge is 0.278 e. The molecular weight excluding hydrogens is 250 g/mol. The molecule has 0 atom stereocenters. The molecule has 18 heavy (non-hydrogen) atoms. The Morgan fingerprint density at radius 3 is 2.67 bits per heavy atom. The van der Waals surface area contributed by atoms with Gasteiger partial charge in [-0.05, 0) is 6.42 Å². The summed E-state index contributed by atoms with van der Waals surface area (Å²) < 4.78 is 1.75. The Hall–Kier alpha value is -1.50. The van der Waals surface area contributed by atoms with Crippen LogP contribution in [0.4, 0.5) is 5.95 Å². The number of imidazole rings is 1. The molecule has 6 nitrogen and oxygen atoms in total. The molecular formula is C11H19N5OS. The second-order valence-electron chi connectivity index (χ2n) is 3.43. The number of rotatable bonds is 3. The lowest BCUT2D eigenvalue weighted by atomic mass is 10.5. The number of hydrogen-bond acceptors (Lipinski definition) is 5. The summed E-state index contributed by atoms with van der Waals surface area (Å²) in [7, 11) is 1.81. The van der Waals surface area contributed by atoms with Crippen LogP contribution < -0.4 is 11.3 Å². The number of aryl methyl sites for hydroxylation is 1. The summed E-state index contributed by atoms with van der Waals surface area (Å²) in [4.78, 5) is 22.4. The van der Waals surface area contributed by atoms with Gasteiger partial charge in [-0.3, -0.25) is 9.78 Å². The first kappa shape index (κ1) is 14.6. The Labute approximate surface area is 110 Å². The molecule has 0 aliphatic rings. The highest BCUT2D eigenvalue weighted by atomic mass is 32.2. The van der Waals surface area contributed by atoms with Crippen molar-refractivity contribution in [3.05, 3.63) is 10.4 Å². The third-order valence-electron chi connectivity index (χ3n) is 2.15. The molecule has 0 aromatic carbocycles. The quantitative estimate of drug-likeness (QED) is 0.829. The predicted octanol–water partition coefficient (Wildman–Crippen LogP) is 1.77. The maximum Gasteiger partial charge on any atom is 0.278 e. The average molecular weight is 269 g/mol. The minimum atomic E-state index is -0.249. The number of aromatic nitrogens is 4. The molecule has 2 rings (SSSR count). The van der Waals surface area contributed by atoms with Gasteiger partial charge in [0.1, 0.15) is 0 Å². The molecule has 3 N–H and O–H groups in total. The Bertz CT molecular complexity index is 575. The molecule has 0 aliphatic carbocycles. The van der Waals surface area contributed by atoms with Gasteiger partial charge < -0.3 is 10.3 Å². The fourth-order valence-electron chi connectivity index (χ4n) is 1.44. The molecule has 0 bridgehead atoms. The van der Waals surface area contributed by atoms with E-state index in [2.05, 4.69) is 21.9 Å². The van der Waals surface area contributed by atoms with Crippen molar-refractivity contribution < 1.29 is 0 Å². The third-order valence-corrected chi connectivity index (χ3v) is 3.39. The zero-order valence-electron chi connectivity index (χ0n) is 11.1. The van der Waals surface area contributed by atoms with Crippen LogP contribution in [0.1, 0.15) is 27.2 Å². The largest absolute Gasteiger partial charge is 0.369 e. The first-order valence-electron chi connectivity index (χ1n) is 5.98. The highest BCUT2D eigenvalue weighted by Crippen LogP contribution is 2.20. The first-order valence-corrected chi connectivity index (χ1v) is 6.97. The zero-order chi connectivity index (χ0) is 13.7. The molecule has 0 radical (unpaired) electrons. The van der Waals surface area contributed by atoms with Crippen LogP contribution in [0.25, 0.3) is 11.2 Å². The van der Waals surface area contributed by atoms with E-state index in [0.717, 1.165) is 17.3 Å². The number of nitrogens with one attached hydrogen (secondary N) is 1. The maximum atomic E-state index is 11.7. The van der Waals surface area contributed by atoms with Crippen molar-refractivity contribution in [2.75, 3.05) is 11.5 Å². The number of thioether (sulfide) groups is 1. The van der Waals surface area contributed by atoms with Crippen molar-refractivity contribution in [3.8, 4) is 0 Å². The normalized spacial score (nSPS) is 10.2. The van der Waals surface area contributed by atoms with Crippen LogP contribution in [-0.4, -0.2) is 25.3 Å². The summed E-state index contributed by atoms with van der Waals surface area (Å²) in [5, 5.41) is 0.792. The lowest BCUT2D eigenvalue weighted by Gasteiger charge is -1.99. The van der Waals surface area contributed by atoms with Crippen molar-refractivity contribution in [2.24, 2.45) is 7.05 Å². The second-order valence-corrected chi connectivity index (χ2v) is 4.49. The fourth-order valence-corrected chi connectivity index (χ4v) is 2.26. The third kappa shape index (κ3) is 2.84. The van der Waals surface area contributed by atoms with Gasteiger partial charge in [-0.2, -0.15) is 4.98 Å². The van der Waals surface area contributed by atoms with E-state index in [1.54, 1.807) is 23.4 Å². The maximum absolute atomic E-state index is 11.7. The van der Waals surface area contributed by atoms with Gasteiger partial charge in [0, 0.05) is 12.8 Å². The van der Waals surface area contributed by atoms with Crippen molar-refractivity contribution in [1.29, 1.82) is 0 Å². The van der Waals surface area contributed by atoms with E-state index >= 15 is 0 Å². The molecule has 2 aromatic rings. The zero-order valence-corrected chi connectivity index (χ0v) is 12.0. The molecule has 0 amide bonds. The van der Waals surface area contributed by atoms with Gasteiger partial charge in [-0.15, -0.1) is 0 Å². The molecule has 0 unspecified atom stereocenters. The lowest BCUT2D eigenvalue weighted by molar-refractivity contribution is 0.810. The average Bonchev–Trinajstić information content (AvgIpc) is 2.66. The highest BCUT2D eigenvalue weighted by Gasteiger charge is 2.12. The Balaban J connectivity index is 0.000000771. The van der Waals surface area contributed by atoms with Gasteiger partial charge in [-0.1, -0.05) is 32.5 Å². The van der Waals surface area contributed by atoms with E-state index in [4.69, 9.17) is 5.73 Å². The predicted molar refractivity (Wildman–Crippen MR) is 75.9 cm³/mol. The Morgan fingerprint density at radius 2 is 2.06 bits per heavy atom. The number of nitrogens with two attached hydrogens (primary N) is 1. The van der Waals surface area contributed by atoms with Crippen LogP contribution in [0.15, 0.2) is 9.95 Å². The SMILES string of the molecule is CC.CCCSc1nc2nc(N)[nH]c(=O)c2n1C. The van der Waals surface area contributed by atoms with Gasteiger partial charge >= 0.3 is 0 Å². The van der Waals surface area contributed by atoms with Gasteiger partial charge in [0.05, 0.1) is 0 Å². The van der Waals surface area contributed by atoms with E-state index in [-0.39, 0.29) is 11.5 Å². The number of nitrogen functional groups attached to an aromatic ring is 1. The van der Waals surface area contributed by atoms with Gasteiger partial charge in [0.25, 0.3) is 5.56 Å². The monoisotopic (exact) mass is 269 g/mol. The molecule has 2 aromatic heterocycles. The standard InChI is InChI=1S/C9H13N5OS.C2H6/c1-3-4-16-9-12-6-5(14(9)2)7(15)13-8(10)11-6;1-2/h3-4H2,1-2H3,(H3,10,11,13,15);1-2H3. The summed E-state index contributed by atoms with van der Waals surface area (Å²) in [6.45, 7) is 6.10. The number of anilines is 1. The molecule has 7 heteroatoms. The van der Waals surface area contributed by atoms with E-state index < -0.39 is 0 Å². The minimum Gasteiger partial charge on any atom is -0.369 e. The van der Waals surface area contributed by atoms with Crippen LogP contribution in [0, 0.1) is 0 Å². The van der Waals surface area contributed by atoms with Crippen LogP contribution in [-0.2, 0) is 7.05 Å². The summed E-state index contributed by atoms with van der Waals surface area (Å²) in [6.07, 6.45) is 1.06. The molecule has 0 saturated heterocycles. The van der Waals surface area contributed by atoms with Crippen molar-refractivity contribution in [1.82, 2.24) is 19.5 Å². The van der Waals surface area contributed by atoms with Gasteiger partial charge in [0.15, 0.2) is 16.3 Å². The summed E-state index contributed by atoms with van der Waals surface area (Å²) in [5.41, 5.74) is 6.08. The lowest BCUT2D eigenvalue weighted by Crippen LogP contribution is -2.13. The summed E-state index contributed by atoms with van der Waals surface area (Å²) in [6, 6.07) is 0. The van der Waals surface area contributed by atoms with E-state index in [1.165, 1.54) is 0 Å². The van der Waals surface area contributed by atoms with E-state index in [9.17, 15) is 4.79 Å². The van der Waals surface area contributed by atoms with Gasteiger partial charge in [-0.25, -0.2) is 4.98 Å². The highest BCUT2D eigenvalue weighted by molar-refractivity contribution is 7.99. The van der Waals surface area contributed by atoms with E-state index in [1.807, 2.05) is 13.8 Å². The summed E-state index contributed by atoms with van der Waals surface area (Å²) >= 11 is 1.61. The Kier molecular flexibility index (Phi) is 5.21. The van der Waals surface area contributed by atoms with Crippen LogP contribution in [0.2, 0.25) is 0 Å². The fraction of sp³-hybridized carbons (Fsp3) is 0.545. The molecule has 2 heterocycles. The van der Waals surface area contributed by atoms with Crippen molar-refractivity contribution >= 4 is 28.9 Å². The van der Waals surface area contributed by atoms with Crippen LogP contribution >= 0.6 is 11.8 Å². The van der Waals surface area contributed by atoms with Crippen molar-refractivity contribution in [3.63, 3.8) is 0 Å². The molecule has 100 valence electrons. The first-order chi connectivity index (χ1) is 8.63. The second kappa shape index (κ2) is 6.44. The molecule has 0 aliphatic heterocycles. The van der Waals surface area contributed by atoms with Crippen LogP contribution in [0.5, 0.6) is 0 Å². The Morgan fingerprint density at radius 1 is 1.39 bits per heavy atom. The number of fused-ring (bicyclic) bond motifs is 1. The number of aromatic amines is 1. The van der Waals surface area contributed by atoms with Crippen molar-refractivity contribution in [2.45, 2.75) is 32.3 Å². The topological polar surface area (TPSA) is 89.6 Å². The van der Waals surface area contributed by atoms with Gasteiger partial charge in [0.2, 0.25) is 5.95 Å². The number of hydrogen-bond donors (Lipinski definition) is 2. The molecule has 0 fully saturated rings. The minimum absolute atomic E-state index is 0.0997. The molecule has 0 spiro atoms. The molecule has 0 saturated carbocycles. The van der Waals surface area contributed by atoms with E-state index in [0.29, 0.717) is 11.2 Å². The number of H-pyrrole nitrogens is 1. The summed E-state index contributed by atoms with van der Waals surface area (Å²) in [5.74, 6) is 1.06. The number of nitrogens with zero attached hydrogens (tertiary/aromatic N) is 3.